The number of hydrogen-bond donors (Lipinski definition) is 0. The summed E-state index contributed by atoms with van der Waals surface area (Å²) in [6.07, 6.45) is 0. The van der Waals surface area contributed by atoms with Gasteiger partial charge in [-0.2, -0.15) is 0 Å². The van der Waals surface area contributed by atoms with E-state index in [1.807, 2.05) is 18.2 Å². The smallest absolute Gasteiger partial charge is 0.283 e. The summed E-state index contributed by atoms with van der Waals surface area (Å²) in [6.45, 7) is -2.56. The highest BCUT2D eigenvalue weighted by atomic mass is 35.5. The summed E-state index contributed by atoms with van der Waals surface area (Å²) in [5.41, 5.74) is 1.04. The minimum absolute atomic E-state index is 0.0348. The molecule has 4 aromatic rings. The van der Waals surface area contributed by atoms with E-state index in [1.54, 1.807) is 30.3 Å². The van der Waals surface area contributed by atoms with Crippen LogP contribution in [0.25, 0.3) is 27.6 Å². The number of hydrogen-bond acceptors (Lipinski definition) is 3. The molecule has 0 N–H and O–H groups in total. The third-order valence-electron chi connectivity index (χ3n) is 4.10. The first kappa shape index (κ1) is 12.7. The summed E-state index contributed by atoms with van der Waals surface area (Å²) < 4.78 is 31.6. The molecule has 4 rings (SSSR count). The van der Waals surface area contributed by atoms with Gasteiger partial charge in [-0.3, -0.25) is 9.36 Å². The van der Waals surface area contributed by atoms with Crippen molar-refractivity contribution < 1.29 is 8.85 Å². The van der Waals surface area contributed by atoms with Crippen LogP contribution in [0.4, 0.5) is 0 Å². The Morgan fingerprint density at radius 2 is 2.04 bits per heavy atom. The molecule has 126 valence electrons. The molecular weight excluding hydrogens is 338 g/mol. The van der Waals surface area contributed by atoms with Gasteiger partial charge in [0, 0.05) is 34.3 Å². The average Bonchev–Trinajstić information content (AvgIpc) is 3.03. The molecule has 0 atom stereocenters. The van der Waals surface area contributed by atoms with E-state index < -0.39 is 12.5 Å². The number of halogens is 1. The van der Waals surface area contributed by atoms with Crippen LogP contribution in [0.2, 0.25) is 5.02 Å². The predicted octanol–water partition coefficient (Wildman–Crippen LogP) is 3.68. The molecule has 6 heteroatoms. The van der Waals surface area contributed by atoms with Crippen LogP contribution in [0.3, 0.4) is 0 Å². The lowest BCUT2D eigenvalue weighted by atomic mass is 10.1. The Morgan fingerprint density at radius 3 is 2.76 bits per heavy atom. The first-order valence-corrected chi connectivity index (χ1v) is 8.01. The Hall–Kier alpha value is -2.63. The molecule has 0 fully saturated rings. The molecule has 5 nitrogen and oxygen atoms in total. The van der Waals surface area contributed by atoms with Crippen LogP contribution in [-0.4, -0.2) is 21.2 Å². The van der Waals surface area contributed by atoms with E-state index >= 15 is 0 Å². The fourth-order valence-electron chi connectivity index (χ4n) is 3.03. The van der Waals surface area contributed by atoms with Gasteiger partial charge in [-0.05, 0) is 30.3 Å². The Labute approximate surface area is 153 Å². The zero-order valence-electron chi connectivity index (χ0n) is 16.4. The Bertz CT molecular complexity index is 1250. The van der Waals surface area contributed by atoms with Crippen molar-refractivity contribution in [3.63, 3.8) is 0 Å². The fraction of sp³-hybridized carbons (Fsp3) is 0.158. The number of aromatic nitrogens is 3. The molecule has 2 aromatic heterocycles. The second kappa shape index (κ2) is 6.02. The summed E-state index contributed by atoms with van der Waals surface area (Å²) in [6, 6.07) is 14.1. The zero-order chi connectivity index (χ0) is 20.1. The second-order valence-electron chi connectivity index (χ2n) is 5.63. The highest BCUT2D eigenvalue weighted by Gasteiger charge is 2.18. The largest absolute Gasteiger partial charge is 0.377 e. The quantitative estimate of drug-likeness (QED) is 0.562. The van der Waals surface area contributed by atoms with Crippen LogP contribution in [-0.2, 0) is 18.3 Å². The predicted molar refractivity (Wildman–Crippen MR) is 99.5 cm³/mol. The van der Waals surface area contributed by atoms with Crippen molar-refractivity contribution >= 4 is 33.5 Å². The third kappa shape index (κ3) is 2.44. The van der Waals surface area contributed by atoms with Crippen LogP contribution in [0, 0.1) is 0 Å². The maximum absolute atomic E-state index is 13.4. The maximum atomic E-state index is 13.4. The highest BCUT2D eigenvalue weighted by Crippen LogP contribution is 2.27. The molecule has 0 saturated carbocycles. The lowest BCUT2D eigenvalue weighted by Crippen LogP contribution is -2.19. The van der Waals surface area contributed by atoms with Crippen molar-refractivity contribution in [3.05, 3.63) is 69.7 Å². The van der Waals surface area contributed by atoms with Gasteiger partial charge in [0.15, 0.2) is 5.52 Å². The van der Waals surface area contributed by atoms with Gasteiger partial charge in [-0.1, -0.05) is 29.8 Å². The van der Waals surface area contributed by atoms with E-state index in [0.717, 1.165) is 4.57 Å². The van der Waals surface area contributed by atoms with Crippen LogP contribution < -0.4 is 5.56 Å². The molecule has 0 bridgehead atoms. The second-order valence-corrected chi connectivity index (χ2v) is 6.07. The number of imidazole rings is 1. The summed E-state index contributed by atoms with van der Waals surface area (Å²) in [5, 5.41) is 1.00. The fourth-order valence-corrected chi connectivity index (χ4v) is 3.20. The number of methoxy groups -OCH3 is 1. The van der Waals surface area contributed by atoms with Crippen molar-refractivity contribution in [1.29, 1.82) is 0 Å². The number of rotatable bonds is 3. The molecule has 0 radical (unpaired) electrons. The van der Waals surface area contributed by atoms with Gasteiger partial charge in [-0.15, -0.1) is 0 Å². The standard InChI is InChI=1S/C19H16ClN3O2/c1-22-16(11-25-2)21-17-18(22)14-9-8-12(20)10-15(14)23(19(17)24)13-6-4-3-5-7-13/h3-10H,11H2,1-2H3/i1D3. The summed E-state index contributed by atoms with van der Waals surface area (Å²) in [4.78, 5) is 17.7. The lowest BCUT2D eigenvalue weighted by Gasteiger charge is -2.12. The minimum atomic E-state index is -2.53. The van der Waals surface area contributed by atoms with E-state index in [9.17, 15) is 4.79 Å². The van der Waals surface area contributed by atoms with E-state index in [2.05, 4.69) is 4.98 Å². The number of benzene rings is 2. The summed E-state index contributed by atoms with van der Waals surface area (Å²) in [7, 11) is 1.45. The molecule has 0 aliphatic carbocycles. The Morgan fingerprint density at radius 1 is 1.24 bits per heavy atom. The number of pyridine rings is 1. The molecule has 0 spiro atoms. The van der Waals surface area contributed by atoms with Crippen LogP contribution >= 0.6 is 11.6 Å². The average molecular weight is 357 g/mol. The third-order valence-corrected chi connectivity index (χ3v) is 4.33. The molecule has 0 aliphatic rings. The minimum Gasteiger partial charge on any atom is -0.377 e. The monoisotopic (exact) mass is 356 g/mol. The van der Waals surface area contributed by atoms with Crippen molar-refractivity contribution in [3.8, 4) is 5.69 Å². The van der Waals surface area contributed by atoms with Crippen LogP contribution in [0.1, 0.15) is 9.94 Å². The van der Waals surface area contributed by atoms with Crippen molar-refractivity contribution in [2.24, 2.45) is 6.98 Å². The van der Waals surface area contributed by atoms with Gasteiger partial charge in [-0.25, -0.2) is 4.98 Å². The number of fused-ring (bicyclic) bond motifs is 3. The molecular formula is C19H16ClN3O2. The van der Waals surface area contributed by atoms with Gasteiger partial charge in [0.05, 0.1) is 11.0 Å². The van der Waals surface area contributed by atoms with Crippen LogP contribution in [0.5, 0.6) is 0 Å². The van der Waals surface area contributed by atoms with Gasteiger partial charge in [0.25, 0.3) is 5.56 Å². The van der Waals surface area contributed by atoms with Crippen molar-refractivity contribution in [2.75, 3.05) is 7.11 Å². The summed E-state index contributed by atoms with van der Waals surface area (Å²) >= 11 is 6.20. The number of nitrogens with zero attached hydrogens (tertiary/aromatic N) is 3. The Kier molecular flexibility index (Phi) is 3.06. The SMILES string of the molecule is [2H]C([2H])([2H])n1c(COC)nc2c(=O)n(-c3ccccc3)c3cc(Cl)ccc3c21. The zero-order valence-corrected chi connectivity index (χ0v) is 14.1. The number of ether oxygens (including phenoxy) is 1. The highest BCUT2D eigenvalue weighted by molar-refractivity contribution is 6.31. The molecule has 0 aliphatic heterocycles. The molecule has 2 heterocycles. The van der Waals surface area contributed by atoms with E-state index in [-0.39, 0.29) is 23.5 Å². The lowest BCUT2D eigenvalue weighted by molar-refractivity contribution is 0.176. The molecule has 25 heavy (non-hydrogen) atoms. The van der Waals surface area contributed by atoms with Gasteiger partial charge < -0.3 is 9.30 Å². The first-order chi connectivity index (χ1) is 13.3. The molecule has 2 aromatic carbocycles. The summed E-state index contributed by atoms with van der Waals surface area (Å²) in [5.74, 6) is 0.164. The van der Waals surface area contributed by atoms with Crippen LogP contribution in [0.15, 0.2) is 53.3 Å². The van der Waals surface area contributed by atoms with Crippen molar-refractivity contribution in [1.82, 2.24) is 14.1 Å². The maximum Gasteiger partial charge on any atom is 0.283 e. The first-order valence-electron chi connectivity index (χ1n) is 9.13. The van der Waals surface area contributed by atoms with E-state index in [0.29, 0.717) is 21.6 Å². The molecule has 0 saturated heterocycles. The topological polar surface area (TPSA) is 49.1 Å². The normalized spacial score (nSPS) is 13.8. The van der Waals surface area contributed by atoms with Crippen molar-refractivity contribution in [2.45, 2.75) is 6.61 Å². The number of para-hydroxylation sites is 1. The molecule has 0 unspecified atom stereocenters. The Balaban J connectivity index is 2.26. The van der Waals surface area contributed by atoms with Gasteiger partial charge in [0.2, 0.25) is 0 Å². The van der Waals surface area contributed by atoms with Gasteiger partial charge >= 0.3 is 0 Å². The van der Waals surface area contributed by atoms with E-state index in [1.165, 1.54) is 11.7 Å². The number of aryl methyl sites for hydroxylation is 1. The van der Waals surface area contributed by atoms with Gasteiger partial charge in [0.1, 0.15) is 12.4 Å². The molecule has 0 amide bonds. The van der Waals surface area contributed by atoms with E-state index in [4.69, 9.17) is 20.5 Å².